The lowest BCUT2D eigenvalue weighted by Crippen LogP contribution is -2.25. The van der Waals surface area contributed by atoms with Crippen molar-refractivity contribution in [2.75, 3.05) is 22.2 Å². The van der Waals surface area contributed by atoms with E-state index >= 15 is 0 Å². The van der Waals surface area contributed by atoms with Crippen LogP contribution in [0.1, 0.15) is 5.56 Å². The molecule has 0 saturated carbocycles. The Labute approximate surface area is 206 Å². The number of rotatable bonds is 4. The molecule has 0 radical (unpaired) electrons. The third-order valence-corrected chi connectivity index (χ3v) is 6.70. The Bertz CT molecular complexity index is 1490. The van der Waals surface area contributed by atoms with Crippen LogP contribution in [0.25, 0.3) is 11.1 Å². The van der Waals surface area contributed by atoms with Crippen LogP contribution in [0.5, 0.6) is 0 Å². The summed E-state index contributed by atoms with van der Waals surface area (Å²) in [5.74, 6) is 0. The number of fused-ring (bicyclic) bond motifs is 2. The molecule has 6 rings (SSSR count). The monoisotopic (exact) mass is 453 g/mol. The summed E-state index contributed by atoms with van der Waals surface area (Å²) in [7, 11) is 2.16. The molecule has 0 bridgehead atoms. The second kappa shape index (κ2) is 8.69. The summed E-state index contributed by atoms with van der Waals surface area (Å²) in [6.45, 7) is 2.21. The topological polar surface area (TPSA) is 18.5 Å². The number of hydrogen-bond donors (Lipinski definition) is 1. The summed E-state index contributed by atoms with van der Waals surface area (Å²) in [6, 6.07) is 42.7. The number of nitrogens with zero attached hydrogens (tertiary/aromatic N) is 2. The Morgan fingerprint density at radius 2 is 1.20 bits per heavy atom. The quantitative estimate of drug-likeness (QED) is 0.293. The van der Waals surface area contributed by atoms with Gasteiger partial charge in [-0.15, -0.1) is 0 Å². The maximum absolute atomic E-state index is 3.66. The lowest BCUT2D eigenvalue weighted by atomic mass is 9.92. The van der Waals surface area contributed by atoms with Crippen molar-refractivity contribution >= 4 is 39.8 Å². The van der Waals surface area contributed by atoms with Gasteiger partial charge in [-0.05, 0) is 61.0 Å². The largest absolute Gasteiger partial charge is 0.355 e. The standard InChI is InChI=1S/C32H27N3/c1-23-21-22-30-32(31(23)26-17-9-10-18-27(26)33-24-13-5-3-6-14-24)35(25-15-7-4-8-16-25)29-20-12-11-19-28(29)34(30)2/h3-22,33H,1-2H3. The Balaban J connectivity index is 1.62. The normalized spacial score (nSPS) is 12.2. The first-order valence-corrected chi connectivity index (χ1v) is 12.0. The number of nitrogens with one attached hydrogen (secondary N) is 1. The predicted molar refractivity (Wildman–Crippen MR) is 149 cm³/mol. The molecule has 1 aliphatic rings. The van der Waals surface area contributed by atoms with Gasteiger partial charge in [-0.1, -0.05) is 72.8 Å². The van der Waals surface area contributed by atoms with Gasteiger partial charge in [0, 0.05) is 35.2 Å². The first-order chi connectivity index (χ1) is 17.2. The molecule has 0 aromatic heterocycles. The third kappa shape index (κ3) is 3.62. The van der Waals surface area contributed by atoms with Crippen LogP contribution in [0, 0.1) is 6.92 Å². The molecular formula is C32H27N3. The molecule has 0 fully saturated rings. The molecule has 0 atom stereocenters. The summed E-state index contributed by atoms with van der Waals surface area (Å²) in [5.41, 5.74) is 11.7. The van der Waals surface area contributed by atoms with Crippen LogP contribution in [0.15, 0.2) is 121 Å². The van der Waals surface area contributed by atoms with Gasteiger partial charge in [0.1, 0.15) is 0 Å². The Morgan fingerprint density at radius 3 is 1.97 bits per heavy atom. The Hall–Kier alpha value is -4.50. The molecule has 1 aliphatic heterocycles. The summed E-state index contributed by atoms with van der Waals surface area (Å²) in [5, 5.41) is 3.66. The molecular weight excluding hydrogens is 426 g/mol. The zero-order chi connectivity index (χ0) is 23.8. The van der Waals surface area contributed by atoms with Crippen LogP contribution in [-0.4, -0.2) is 7.05 Å². The van der Waals surface area contributed by atoms with E-state index in [-0.39, 0.29) is 0 Å². The van der Waals surface area contributed by atoms with E-state index in [0.29, 0.717) is 0 Å². The Kier molecular flexibility index (Phi) is 5.23. The van der Waals surface area contributed by atoms with E-state index in [1.165, 1.54) is 39.4 Å². The summed E-state index contributed by atoms with van der Waals surface area (Å²) >= 11 is 0. The molecule has 0 aliphatic carbocycles. The molecule has 0 amide bonds. The summed E-state index contributed by atoms with van der Waals surface area (Å²) < 4.78 is 0. The molecule has 1 heterocycles. The van der Waals surface area contributed by atoms with Gasteiger partial charge in [0.15, 0.2) is 0 Å². The van der Waals surface area contributed by atoms with Gasteiger partial charge in [-0.3, -0.25) is 0 Å². The van der Waals surface area contributed by atoms with Gasteiger partial charge >= 0.3 is 0 Å². The van der Waals surface area contributed by atoms with Crippen molar-refractivity contribution in [1.29, 1.82) is 0 Å². The highest BCUT2D eigenvalue weighted by molar-refractivity contribution is 6.06. The fourth-order valence-corrected chi connectivity index (χ4v) is 5.04. The van der Waals surface area contributed by atoms with E-state index in [2.05, 4.69) is 144 Å². The van der Waals surface area contributed by atoms with Crippen molar-refractivity contribution in [1.82, 2.24) is 0 Å². The molecule has 5 aromatic carbocycles. The van der Waals surface area contributed by atoms with E-state index in [4.69, 9.17) is 0 Å². The van der Waals surface area contributed by atoms with Crippen molar-refractivity contribution in [3.05, 3.63) is 127 Å². The van der Waals surface area contributed by atoms with Crippen molar-refractivity contribution in [3.63, 3.8) is 0 Å². The Morgan fingerprint density at radius 1 is 0.571 bits per heavy atom. The molecule has 170 valence electrons. The van der Waals surface area contributed by atoms with Crippen molar-refractivity contribution < 1.29 is 0 Å². The molecule has 5 aromatic rings. The summed E-state index contributed by atoms with van der Waals surface area (Å²) in [4.78, 5) is 4.71. The van der Waals surface area contributed by atoms with Gasteiger partial charge in [-0.2, -0.15) is 0 Å². The van der Waals surface area contributed by atoms with Crippen molar-refractivity contribution in [3.8, 4) is 11.1 Å². The molecule has 0 spiro atoms. The van der Waals surface area contributed by atoms with Gasteiger partial charge < -0.3 is 15.1 Å². The van der Waals surface area contributed by atoms with E-state index in [1.807, 2.05) is 6.07 Å². The first kappa shape index (κ1) is 21.1. The van der Waals surface area contributed by atoms with Crippen molar-refractivity contribution in [2.24, 2.45) is 0 Å². The highest BCUT2D eigenvalue weighted by Crippen LogP contribution is 2.55. The zero-order valence-electron chi connectivity index (χ0n) is 19.9. The number of hydrogen-bond acceptors (Lipinski definition) is 3. The van der Waals surface area contributed by atoms with Gasteiger partial charge in [0.2, 0.25) is 0 Å². The molecule has 1 N–H and O–H groups in total. The third-order valence-electron chi connectivity index (χ3n) is 6.70. The lowest BCUT2D eigenvalue weighted by molar-refractivity contribution is 1.12. The number of para-hydroxylation sites is 5. The number of benzene rings is 5. The van der Waals surface area contributed by atoms with Crippen LogP contribution in [0.3, 0.4) is 0 Å². The van der Waals surface area contributed by atoms with E-state index in [9.17, 15) is 0 Å². The first-order valence-electron chi connectivity index (χ1n) is 12.0. The minimum Gasteiger partial charge on any atom is -0.355 e. The maximum atomic E-state index is 3.66. The van der Waals surface area contributed by atoms with Gasteiger partial charge in [0.05, 0.1) is 22.7 Å². The molecule has 0 unspecified atom stereocenters. The SMILES string of the molecule is Cc1ccc2c(c1-c1ccccc1Nc1ccccc1)N(c1ccccc1)c1ccccc1N2C. The van der Waals surface area contributed by atoms with Gasteiger partial charge in [0.25, 0.3) is 0 Å². The van der Waals surface area contributed by atoms with Crippen molar-refractivity contribution in [2.45, 2.75) is 6.92 Å². The van der Waals surface area contributed by atoms with E-state index < -0.39 is 0 Å². The minimum atomic E-state index is 1.07. The second-order valence-corrected chi connectivity index (χ2v) is 8.88. The van der Waals surface area contributed by atoms with Crippen LogP contribution in [-0.2, 0) is 0 Å². The highest BCUT2D eigenvalue weighted by Gasteiger charge is 2.31. The molecule has 0 saturated heterocycles. The van der Waals surface area contributed by atoms with Crippen LogP contribution in [0.2, 0.25) is 0 Å². The van der Waals surface area contributed by atoms with Gasteiger partial charge in [-0.25, -0.2) is 0 Å². The predicted octanol–water partition coefficient (Wildman–Crippen LogP) is 8.96. The number of anilines is 7. The molecule has 3 nitrogen and oxygen atoms in total. The highest BCUT2D eigenvalue weighted by atomic mass is 15.3. The minimum absolute atomic E-state index is 1.07. The van der Waals surface area contributed by atoms with Crippen LogP contribution >= 0.6 is 0 Å². The zero-order valence-corrected chi connectivity index (χ0v) is 19.9. The molecule has 35 heavy (non-hydrogen) atoms. The fourth-order valence-electron chi connectivity index (χ4n) is 5.04. The molecule has 3 heteroatoms. The van der Waals surface area contributed by atoms with Crippen LogP contribution in [0.4, 0.5) is 39.8 Å². The van der Waals surface area contributed by atoms with Crippen LogP contribution < -0.4 is 15.1 Å². The number of aryl methyl sites for hydroxylation is 1. The average Bonchev–Trinajstić information content (AvgIpc) is 2.91. The maximum Gasteiger partial charge on any atom is 0.0781 e. The fraction of sp³-hybridized carbons (Fsp3) is 0.0625. The lowest BCUT2D eigenvalue weighted by Gasteiger charge is -2.40. The van der Waals surface area contributed by atoms with E-state index in [0.717, 1.165) is 17.1 Å². The summed E-state index contributed by atoms with van der Waals surface area (Å²) in [6.07, 6.45) is 0. The second-order valence-electron chi connectivity index (χ2n) is 8.88. The average molecular weight is 454 g/mol. The smallest absolute Gasteiger partial charge is 0.0781 e. The van der Waals surface area contributed by atoms with E-state index in [1.54, 1.807) is 0 Å².